The molecule has 0 aliphatic heterocycles. The molecule has 4 nitrogen and oxygen atoms in total. The summed E-state index contributed by atoms with van der Waals surface area (Å²) in [5.41, 5.74) is 0.887. The summed E-state index contributed by atoms with van der Waals surface area (Å²) in [6.07, 6.45) is 2.19. The Morgan fingerprint density at radius 1 is 0.885 bits per heavy atom. The first-order valence-electron chi connectivity index (χ1n) is 7.40. The Hall–Kier alpha value is -1.59. The van der Waals surface area contributed by atoms with Crippen molar-refractivity contribution in [3.8, 4) is 17.2 Å². The first-order chi connectivity index (χ1) is 12.5. The van der Waals surface area contributed by atoms with Crippen LogP contribution in [0, 0.1) is 0 Å². The van der Waals surface area contributed by atoms with Crippen LogP contribution < -0.4 is 14.2 Å². The van der Waals surface area contributed by atoms with Gasteiger partial charge in [-0.15, -0.1) is 0 Å². The van der Waals surface area contributed by atoms with Gasteiger partial charge in [0.05, 0.1) is 10.0 Å². The van der Waals surface area contributed by atoms with E-state index in [2.05, 4.69) is 0 Å². The molecule has 0 aliphatic carbocycles. The average molecular weight is 436 g/mol. The fourth-order valence-corrected chi connectivity index (χ4v) is 2.63. The number of rotatable bonds is 9. The summed E-state index contributed by atoms with van der Waals surface area (Å²) in [5, 5.41) is 0.638. The highest BCUT2D eigenvalue weighted by atomic mass is 35.5. The molecule has 0 saturated heterocycles. The van der Waals surface area contributed by atoms with Gasteiger partial charge in [-0.1, -0.05) is 58.5 Å². The number of carbonyl (C=O) groups excluding carboxylic acids is 1. The largest absolute Gasteiger partial charge is 0.489 e. The molecular weight excluding hydrogens is 422 g/mol. The third-order valence-electron chi connectivity index (χ3n) is 3.08. The Kier molecular flexibility index (Phi) is 8.39. The predicted octanol–water partition coefficient (Wildman–Crippen LogP) is 5.85. The molecule has 2 aromatic carbocycles. The van der Waals surface area contributed by atoms with E-state index in [1.165, 1.54) is 6.08 Å². The van der Waals surface area contributed by atoms with Gasteiger partial charge in [-0.05, 0) is 23.8 Å². The molecule has 0 atom stereocenters. The summed E-state index contributed by atoms with van der Waals surface area (Å²) in [5.74, 6) is 1.42. The highest BCUT2D eigenvalue weighted by molar-refractivity contribution is 6.55. The number of aldehydes is 1. The maximum absolute atomic E-state index is 10.3. The van der Waals surface area contributed by atoms with Crippen molar-refractivity contribution in [1.29, 1.82) is 0 Å². The maximum Gasteiger partial charge on any atom is 0.157 e. The van der Waals surface area contributed by atoms with Crippen molar-refractivity contribution in [2.45, 2.75) is 6.61 Å². The minimum absolute atomic E-state index is 0.0162. The van der Waals surface area contributed by atoms with Crippen molar-refractivity contribution >= 4 is 52.7 Å². The molecule has 0 aliphatic rings. The molecule has 0 saturated carbocycles. The van der Waals surface area contributed by atoms with E-state index in [9.17, 15) is 4.79 Å². The van der Waals surface area contributed by atoms with Gasteiger partial charge in [-0.25, -0.2) is 0 Å². The van der Waals surface area contributed by atoms with E-state index < -0.39 is 0 Å². The second kappa shape index (κ2) is 10.5. The van der Waals surface area contributed by atoms with Gasteiger partial charge in [-0.2, -0.15) is 0 Å². The zero-order valence-electron chi connectivity index (χ0n) is 13.4. The van der Waals surface area contributed by atoms with Crippen LogP contribution in [0.2, 0.25) is 10.0 Å². The second-order valence-corrected chi connectivity index (χ2v) is 6.75. The summed E-state index contributed by atoms with van der Waals surface area (Å²) < 4.78 is 16.4. The monoisotopic (exact) mass is 434 g/mol. The van der Waals surface area contributed by atoms with Crippen LogP contribution in [-0.4, -0.2) is 19.5 Å². The summed E-state index contributed by atoms with van der Waals surface area (Å²) in [4.78, 5) is 10.3. The van der Waals surface area contributed by atoms with Crippen LogP contribution in [0.5, 0.6) is 17.2 Å². The first kappa shape index (κ1) is 20.7. The van der Waals surface area contributed by atoms with Gasteiger partial charge >= 0.3 is 0 Å². The number of hydrogen-bond acceptors (Lipinski definition) is 4. The fraction of sp³-hybridized carbons (Fsp3) is 0.167. The predicted molar refractivity (Wildman–Crippen MR) is 104 cm³/mol. The summed E-state index contributed by atoms with van der Waals surface area (Å²) in [6.45, 7) is 0.467. The van der Waals surface area contributed by atoms with E-state index in [1.807, 2.05) is 12.1 Å². The molecule has 0 heterocycles. The normalized spacial score (nSPS) is 10.2. The number of benzene rings is 2. The molecule has 8 heteroatoms. The first-order valence-corrected chi connectivity index (χ1v) is 8.92. The maximum atomic E-state index is 10.3. The topological polar surface area (TPSA) is 44.8 Å². The smallest absolute Gasteiger partial charge is 0.157 e. The van der Waals surface area contributed by atoms with Gasteiger partial charge in [-0.3, -0.25) is 4.79 Å². The number of carbonyl (C=O) groups is 1. The van der Waals surface area contributed by atoms with E-state index in [4.69, 9.17) is 60.6 Å². The average Bonchev–Trinajstić information content (AvgIpc) is 2.60. The molecule has 0 radical (unpaired) electrons. The molecule has 0 bridgehead atoms. The zero-order chi connectivity index (χ0) is 18.9. The van der Waals surface area contributed by atoms with Crippen LogP contribution in [0.25, 0.3) is 0 Å². The molecule has 0 fully saturated rings. The third-order valence-corrected chi connectivity index (χ3v) is 3.95. The molecule has 26 heavy (non-hydrogen) atoms. The van der Waals surface area contributed by atoms with Crippen molar-refractivity contribution in [1.82, 2.24) is 0 Å². The Morgan fingerprint density at radius 3 is 2.08 bits per heavy atom. The Bertz CT molecular complexity index is 748. The lowest BCUT2D eigenvalue weighted by molar-refractivity contribution is -0.109. The van der Waals surface area contributed by atoms with Gasteiger partial charge in [0.15, 0.2) is 12.0 Å². The Morgan fingerprint density at radius 2 is 1.50 bits per heavy atom. The lowest BCUT2D eigenvalue weighted by atomic mass is 10.2. The number of halogens is 4. The summed E-state index contributed by atoms with van der Waals surface area (Å²) in [7, 11) is 0. The van der Waals surface area contributed by atoms with E-state index in [1.54, 1.807) is 24.3 Å². The van der Waals surface area contributed by atoms with Gasteiger partial charge in [0, 0.05) is 12.1 Å². The van der Waals surface area contributed by atoms with Crippen molar-refractivity contribution in [3.63, 3.8) is 0 Å². The molecule has 0 N–H and O–H groups in total. The van der Waals surface area contributed by atoms with Gasteiger partial charge in [0.1, 0.15) is 35.8 Å². The van der Waals surface area contributed by atoms with Crippen molar-refractivity contribution in [3.05, 3.63) is 62.6 Å². The molecule has 2 rings (SSSR count). The van der Waals surface area contributed by atoms with Crippen LogP contribution in [0.1, 0.15) is 5.56 Å². The van der Waals surface area contributed by atoms with Crippen LogP contribution in [-0.2, 0) is 11.4 Å². The van der Waals surface area contributed by atoms with Crippen molar-refractivity contribution in [2.75, 3.05) is 13.2 Å². The highest BCUT2D eigenvalue weighted by Gasteiger charge is 2.11. The zero-order valence-corrected chi connectivity index (χ0v) is 16.4. The van der Waals surface area contributed by atoms with E-state index in [-0.39, 0.29) is 24.3 Å². The molecular formula is C18H14Cl4O4. The Balaban J connectivity index is 1.98. The fourth-order valence-electron chi connectivity index (χ4n) is 1.93. The second-order valence-electron chi connectivity index (χ2n) is 4.93. The van der Waals surface area contributed by atoms with Crippen LogP contribution in [0.3, 0.4) is 0 Å². The number of hydrogen-bond donors (Lipinski definition) is 0. The van der Waals surface area contributed by atoms with Crippen molar-refractivity contribution < 1.29 is 19.0 Å². The molecule has 0 unspecified atom stereocenters. The molecule has 2 aromatic rings. The molecule has 0 amide bonds. The van der Waals surface area contributed by atoms with Crippen molar-refractivity contribution in [2.24, 2.45) is 0 Å². The lowest BCUT2D eigenvalue weighted by Gasteiger charge is -2.12. The van der Waals surface area contributed by atoms with Gasteiger partial charge in [0.2, 0.25) is 0 Å². The third kappa shape index (κ3) is 6.61. The molecule has 0 spiro atoms. The van der Waals surface area contributed by atoms with Gasteiger partial charge in [0.25, 0.3) is 0 Å². The standard InChI is InChI=1S/C18H14Cl4O4/c19-15-9-14(24-7-5-17(21)22)10-16(20)18(15)26-11-12-1-3-13(4-2-12)25-8-6-23/h1-6,9-10H,7-8,11H2. The molecule has 0 aromatic heterocycles. The quantitative estimate of drug-likeness (QED) is 0.463. The minimum Gasteiger partial charge on any atom is -0.489 e. The van der Waals surface area contributed by atoms with Crippen LogP contribution in [0.15, 0.2) is 47.0 Å². The Labute approximate surface area is 171 Å². The summed E-state index contributed by atoms with van der Waals surface area (Å²) in [6, 6.07) is 10.3. The van der Waals surface area contributed by atoms with Gasteiger partial charge < -0.3 is 14.2 Å². The molecule has 138 valence electrons. The van der Waals surface area contributed by atoms with E-state index in [0.29, 0.717) is 33.6 Å². The van der Waals surface area contributed by atoms with E-state index >= 15 is 0 Å². The van der Waals surface area contributed by atoms with Crippen LogP contribution in [0.4, 0.5) is 0 Å². The lowest BCUT2D eigenvalue weighted by Crippen LogP contribution is -2.00. The number of ether oxygens (including phenoxy) is 3. The minimum atomic E-state index is 0.0162. The summed E-state index contributed by atoms with van der Waals surface area (Å²) >= 11 is 23.5. The van der Waals surface area contributed by atoms with Crippen LogP contribution >= 0.6 is 46.4 Å². The highest BCUT2D eigenvalue weighted by Crippen LogP contribution is 2.37. The van der Waals surface area contributed by atoms with E-state index in [0.717, 1.165) is 5.56 Å². The SMILES string of the molecule is O=CCOc1ccc(COc2c(Cl)cc(OCC=C(Cl)Cl)cc2Cl)cc1.